The summed E-state index contributed by atoms with van der Waals surface area (Å²) in [5.41, 5.74) is 3.92. The third kappa shape index (κ3) is 3.38. The molecular weight excluding hydrogens is 252 g/mol. The van der Waals surface area contributed by atoms with E-state index in [-0.39, 0.29) is 5.91 Å². The Balaban J connectivity index is 2.08. The molecular formula is C15H20N4O. The van der Waals surface area contributed by atoms with Crippen LogP contribution >= 0.6 is 0 Å². The van der Waals surface area contributed by atoms with Gasteiger partial charge in [0, 0.05) is 17.8 Å². The number of rotatable bonds is 5. The van der Waals surface area contributed by atoms with Crippen LogP contribution in [0.1, 0.15) is 30.4 Å². The first-order valence-corrected chi connectivity index (χ1v) is 6.74. The van der Waals surface area contributed by atoms with Crippen LogP contribution in [0.2, 0.25) is 0 Å². The van der Waals surface area contributed by atoms with Gasteiger partial charge < -0.3 is 15.6 Å². The quantitative estimate of drug-likeness (QED) is 0.783. The monoisotopic (exact) mass is 272 g/mol. The van der Waals surface area contributed by atoms with Crippen LogP contribution in [0.5, 0.6) is 0 Å². The minimum absolute atomic E-state index is 0.0226. The van der Waals surface area contributed by atoms with Crippen LogP contribution in [0.15, 0.2) is 24.4 Å². The Labute approximate surface area is 118 Å². The highest BCUT2D eigenvalue weighted by Gasteiger charge is 2.06. The van der Waals surface area contributed by atoms with E-state index in [1.54, 1.807) is 0 Å². The third-order valence-electron chi connectivity index (χ3n) is 3.15. The number of nitrogens with zero attached hydrogens (tertiary/aromatic N) is 1. The van der Waals surface area contributed by atoms with Crippen molar-refractivity contribution >= 4 is 17.3 Å². The highest BCUT2D eigenvalue weighted by molar-refractivity contribution is 5.92. The Morgan fingerprint density at radius 3 is 2.70 bits per heavy atom. The third-order valence-corrected chi connectivity index (χ3v) is 3.15. The van der Waals surface area contributed by atoms with Crippen molar-refractivity contribution < 1.29 is 4.79 Å². The van der Waals surface area contributed by atoms with Crippen LogP contribution in [0.4, 0.5) is 11.4 Å². The first kappa shape index (κ1) is 14.1. The molecule has 0 aliphatic carbocycles. The van der Waals surface area contributed by atoms with E-state index in [9.17, 15) is 4.79 Å². The molecule has 1 heterocycles. The van der Waals surface area contributed by atoms with Crippen molar-refractivity contribution in [1.82, 2.24) is 9.97 Å². The van der Waals surface area contributed by atoms with Crippen molar-refractivity contribution in [2.75, 3.05) is 10.6 Å². The van der Waals surface area contributed by atoms with Gasteiger partial charge in [-0.15, -0.1) is 0 Å². The van der Waals surface area contributed by atoms with E-state index >= 15 is 0 Å². The number of imidazole rings is 1. The molecule has 0 bridgehead atoms. The summed E-state index contributed by atoms with van der Waals surface area (Å²) in [6.45, 7) is 6.43. The van der Waals surface area contributed by atoms with Crippen LogP contribution in [0.3, 0.4) is 0 Å². The fourth-order valence-corrected chi connectivity index (χ4v) is 1.95. The van der Waals surface area contributed by atoms with Gasteiger partial charge in [-0.3, -0.25) is 4.79 Å². The normalized spacial score (nSPS) is 10.3. The van der Waals surface area contributed by atoms with Gasteiger partial charge >= 0.3 is 0 Å². The first-order valence-electron chi connectivity index (χ1n) is 6.74. The second-order valence-electron chi connectivity index (χ2n) is 4.73. The number of carbonyl (C=O) groups is 1. The maximum absolute atomic E-state index is 11.5. The van der Waals surface area contributed by atoms with Gasteiger partial charge in [-0.2, -0.15) is 0 Å². The number of aryl methyl sites for hydroxylation is 1. The zero-order chi connectivity index (χ0) is 14.5. The molecule has 0 aliphatic rings. The van der Waals surface area contributed by atoms with Crippen molar-refractivity contribution in [3.05, 3.63) is 41.5 Å². The van der Waals surface area contributed by atoms with Crippen molar-refractivity contribution in [1.29, 1.82) is 0 Å². The lowest BCUT2D eigenvalue weighted by Gasteiger charge is -2.13. The van der Waals surface area contributed by atoms with E-state index in [0.717, 1.165) is 28.5 Å². The number of anilines is 2. The molecule has 1 amide bonds. The van der Waals surface area contributed by atoms with Crippen LogP contribution in [-0.4, -0.2) is 15.9 Å². The summed E-state index contributed by atoms with van der Waals surface area (Å²) in [5, 5.41) is 6.26. The standard InChI is InChI=1S/C15H20N4O/c1-4-15(20)19-14-7-5-6-13(10(14)2)17-9-12-8-16-11(3)18-12/h5-8,17H,4,9H2,1-3H3,(H,16,18)(H,19,20). The van der Waals surface area contributed by atoms with Gasteiger partial charge in [0.05, 0.1) is 18.4 Å². The van der Waals surface area contributed by atoms with Crippen molar-refractivity contribution in [2.45, 2.75) is 33.7 Å². The van der Waals surface area contributed by atoms with E-state index in [4.69, 9.17) is 0 Å². The number of aromatic nitrogens is 2. The summed E-state index contributed by atoms with van der Waals surface area (Å²) >= 11 is 0. The first-order chi connectivity index (χ1) is 9.60. The van der Waals surface area contributed by atoms with Gasteiger partial charge in [0.1, 0.15) is 5.82 Å². The molecule has 3 N–H and O–H groups in total. The highest BCUT2D eigenvalue weighted by atomic mass is 16.1. The largest absolute Gasteiger partial charge is 0.379 e. The molecule has 0 atom stereocenters. The number of amides is 1. The van der Waals surface area contributed by atoms with Crippen LogP contribution in [-0.2, 0) is 11.3 Å². The molecule has 5 nitrogen and oxygen atoms in total. The summed E-state index contributed by atoms with van der Waals surface area (Å²) in [4.78, 5) is 18.8. The molecule has 0 aliphatic heterocycles. The highest BCUT2D eigenvalue weighted by Crippen LogP contribution is 2.23. The molecule has 1 aromatic heterocycles. The van der Waals surface area contributed by atoms with Gasteiger partial charge in [-0.1, -0.05) is 13.0 Å². The van der Waals surface area contributed by atoms with E-state index in [0.29, 0.717) is 13.0 Å². The lowest BCUT2D eigenvalue weighted by Crippen LogP contribution is -2.11. The second-order valence-corrected chi connectivity index (χ2v) is 4.73. The minimum atomic E-state index is 0.0226. The molecule has 5 heteroatoms. The molecule has 0 spiro atoms. The van der Waals surface area contributed by atoms with Crippen LogP contribution in [0.25, 0.3) is 0 Å². The van der Waals surface area contributed by atoms with E-state index in [2.05, 4.69) is 20.6 Å². The lowest BCUT2D eigenvalue weighted by atomic mass is 10.1. The molecule has 0 fully saturated rings. The number of H-pyrrole nitrogens is 1. The fraction of sp³-hybridized carbons (Fsp3) is 0.333. The Morgan fingerprint density at radius 2 is 2.05 bits per heavy atom. The maximum atomic E-state index is 11.5. The number of aromatic amines is 1. The van der Waals surface area contributed by atoms with Gasteiger partial charge in [-0.05, 0) is 31.5 Å². The zero-order valence-electron chi connectivity index (χ0n) is 12.1. The molecule has 0 saturated carbocycles. The molecule has 0 radical (unpaired) electrons. The number of nitrogens with one attached hydrogen (secondary N) is 3. The average Bonchev–Trinajstić information content (AvgIpc) is 2.85. The number of hydrogen-bond acceptors (Lipinski definition) is 3. The summed E-state index contributed by atoms with van der Waals surface area (Å²) in [7, 11) is 0. The van der Waals surface area contributed by atoms with Crippen molar-refractivity contribution in [3.8, 4) is 0 Å². The average molecular weight is 272 g/mol. The Hall–Kier alpha value is -2.30. The maximum Gasteiger partial charge on any atom is 0.224 e. The molecule has 20 heavy (non-hydrogen) atoms. The van der Waals surface area contributed by atoms with Crippen molar-refractivity contribution in [2.24, 2.45) is 0 Å². The van der Waals surface area contributed by atoms with E-state index in [1.807, 2.05) is 45.2 Å². The minimum Gasteiger partial charge on any atom is -0.379 e. The van der Waals surface area contributed by atoms with Gasteiger partial charge in [0.2, 0.25) is 5.91 Å². The van der Waals surface area contributed by atoms with Gasteiger partial charge in [0.25, 0.3) is 0 Å². The predicted molar refractivity (Wildman–Crippen MR) is 80.8 cm³/mol. The lowest BCUT2D eigenvalue weighted by molar-refractivity contribution is -0.115. The Bertz CT molecular complexity index is 604. The molecule has 1 aromatic carbocycles. The smallest absolute Gasteiger partial charge is 0.224 e. The summed E-state index contributed by atoms with van der Waals surface area (Å²) in [6, 6.07) is 5.84. The zero-order valence-corrected chi connectivity index (χ0v) is 12.1. The Kier molecular flexibility index (Phi) is 4.40. The van der Waals surface area contributed by atoms with Gasteiger partial charge in [0.15, 0.2) is 0 Å². The topological polar surface area (TPSA) is 69.8 Å². The number of carbonyl (C=O) groups excluding carboxylic acids is 1. The number of hydrogen-bond donors (Lipinski definition) is 3. The second kappa shape index (κ2) is 6.23. The van der Waals surface area contributed by atoms with Gasteiger partial charge in [-0.25, -0.2) is 4.98 Å². The molecule has 2 rings (SSSR count). The molecule has 2 aromatic rings. The number of benzene rings is 1. The van der Waals surface area contributed by atoms with E-state index < -0.39 is 0 Å². The fourth-order valence-electron chi connectivity index (χ4n) is 1.95. The molecule has 0 unspecified atom stereocenters. The Morgan fingerprint density at radius 1 is 1.30 bits per heavy atom. The predicted octanol–water partition coefficient (Wildman–Crippen LogP) is 2.99. The SMILES string of the molecule is CCC(=O)Nc1cccc(NCc2cnc(C)[nH]2)c1C. The molecule has 106 valence electrons. The summed E-state index contributed by atoms with van der Waals surface area (Å²) in [5.74, 6) is 0.928. The van der Waals surface area contributed by atoms with Crippen LogP contribution in [0, 0.1) is 13.8 Å². The van der Waals surface area contributed by atoms with Crippen LogP contribution < -0.4 is 10.6 Å². The van der Waals surface area contributed by atoms with E-state index in [1.165, 1.54) is 0 Å². The summed E-state index contributed by atoms with van der Waals surface area (Å²) < 4.78 is 0. The summed E-state index contributed by atoms with van der Waals surface area (Å²) in [6.07, 6.45) is 2.30. The van der Waals surface area contributed by atoms with Crippen molar-refractivity contribution in [3.63, 3.8) is 0 Å². The molecule has 0 saturated heterocycles.